The van der Waals surface area contributed by atoms with Crippen LogP contribution in [0.5, 0.6) is 5.75 Å². The lowest BCUT2D eigenvalue weighted by atomic mass is 10.3. The second-order valence-corrected chi connectivity index (χ2v) is 6.35. The lowest BCUT2D eigenvalue weighted by Gasteiger charge is -2.28. The number of nitrogens with zero attached hydrogens (tertiary/aromatic N) is 3. The van der Waals surface area contributed by atoms with Gasteiger partial charge >= 0.3 is 0 Å². The topological polar surface area (TPSA) is 58.5 Å². The molecule has 1 aromatic carbocycles. The molecule has 2 saturated heterocycles. The fourth-order valence-electron chi connectivity index (χ4n) is 2.38. The van der Waals surface area contributed by atoms with E-state index in [1.165, 1.54) is 0 Å². The van der Waals surface area contributed by atoms with Crippen molar-refractivity contribution in [2.75, 3.05) is 51.5 Å². The summed E-state index contributed by atoms with van der Waals surface area (Å²) in [6.07, 6.45) is 0. The van der Waals surface area contributed by atoms with Gasteiger partial charge in [0.1, 0.15) is 11.6 Å². The van der Waals surface area contributed by atoms with Gasteiger partial charge in [-0.2, -0.15) is 16.8 Å². The zero-order valence-electron chi connectivity index (χ0n) is 13.3. The van der Waals surface area contributed by atoms with Crippen molar-refractivity contribution in [1.82, 2.24) is 10.2 Å². The van der Waals surface area contributed by atoms with E-state index in [4.69, 9.17) is 19.5 Å². The summed E-state index contributed by atoms with van der Waals surface area (Å²) >= 11 is 1.89. The molecule has 0 bridgehead atoms. The van der Waals surface area contributed by atoms with E-state index in [2.05, 4.69) is 10.2 Å². The summed E-state index contributed by atoms with van der Waals surface area (Å²) < 4.78 is 10.6. The number of amidine groups is 1. The van der Waals surface area contributed by atoms with Crippen molar-refractivity contribution < 1.29 is 9.47 Å². The highest BCUT2D eigenvalue weighted by atomic mass is 32.2. The Kier molecular flexibility index (Phi) is 5.76. The Labute approximate surface area is 141 Å². The highest BCUT2D eigenvalue weighted by Crippen LogP contribution is 2.19. The van der Waals surface area contributed by atoms with Crippen LogP contribution in [0.3, 0.4) is 0 Å². The molecule has 0 spiro atoms. The number of thioether (sulfide) groups is 1. The SMILES string of the molecule is COc1ccc(/N=C(/N=C2/CSCCN2)N2CCOCC2)cc1. The second-order valence-electron chi connectivity index (χ2n) is 5.25. The minimum Gasteiger partial charge on any atom is -0.497 e. The van der Waals surface area contributed by atoms with Crippen LogP contribution in [0.1, 0.15) is 0 Å². The normalized spacial score (nSPS) is 21.2. The number of methoxy groups -OCH3 is 1. The average molecular weight is 334 g/mol. The molecule has 0 aliphatic carbocycles. The average Bonchev–Trinajstić information content (AvgIpc) is 2.63. The monoisotopic (exact) mass is 334 g/mol. The molecule has 7 heteroatoms. The summed E-state index contributed by atoms with van der Waals surface area (Å²) in [7, 11) is 1.66. The van der Waals surface area contributed by atoms with Gasteiger partial charge in [-0.1, -0.05) is 0 Å². The van der Waals surface area contributed by atoms with Crippen molar-refractivity contribution in [2.45, 2.75) is 0 Å². The van der Waals surface area contributed by atoms with E-state index in [0.29, 0.717) is 13.2 Å². The molecule has 0 unspecified atom stereocenters. The largest absolute Gasteiger partial charge is 0.497 e. The molecule has 2 aliphatic heterocycles. The summed E-state index contributed by atoms with van der Waals surface area (Å²) in [5, 5.41) is 3.36. The van der Waals surface area contributed by atoms with Crippen molar-refractivity contribution in [3.8, 4) is 5.75 Å². The van der Waals surface area contributed by atoms with E-state index in [0.717, 1.165) is 54.4 Å². The fourth-order valence-corrected chi connectivity index (χ4v) is 3.13. The molecular weight excluding hydrogens is 312 g/mol. The highest BCUT2D eigenvalue weighted by molar-refractivity contribution is 8.00. The van der Waals surface area contributed by atoms with Gasteiger partial charge in [-0.3, -0.25) is 0 Å². The van der Waals surface area contributed by atoms with Gasteiger partial charge in [0.25, 0.3) is 0 Å². The Morgan fingerprint density at radius 3 is 2.70 bits per heavy atom. The number of ether oxygens (including phenoxy) is 2. The lowest BCUT2D eigenvalue weighted by molar-refractivity contribution is 0.0676. The van der Waals surface area contributed by atoms with Crippen LogP contribution in [0.25, 0.3) is 0 Å². The van der Waals surface area contributed by atoms with Gasteiger partial charge in [0.2, 0.25) is 5.96 Å². The second kappa shape index (κ2) is 8.21. The number of rotatable bonds is 2. The molecule has 2 fully saturated rings. The van der Waals surface area contributed by atoms with E-state index < -0.39 is 0 Å². The number of morpholine rings is 1. The molecule has 2 heterocycles. The Hall–Kier alpha value is -1.73. The van der Waals surface area contributed by atoms with E-state index in [1.54, 1.807) is 7.11 Å². The third-order valence-electron chi connectivity index (χ3n) is 3.64. The summed E-state index contributed by atoms with van der Waals surface area (Å²) in [4.78, 5) is 11.7. The first-order valence-electron chi connectivity index (χ1n) is 7.80. The van der Waals surface area contributed by atoms with Crippen LogP contribution < -0.4 is 10.1 Å². The van der Waals surface area contributed by atoms with Crippen molar-refractivity contribution >= 4 is 29.2 Å². The molecule has 0 amide bonds. The van der Waals surface area contributed by atoms with Crippen LogP contribution in [0, 0.1) is 0 Å². The summed E-state index contributed by atoms with van der Waals surface area (Å²) in [6.45, 7) is 4.03. The zero-order chi connectivity index (χ0) is 15.9. The Morgan fingerprint density at radius 1 is 1.26 bits per heavy atom. The van der Waals surface area contributed by atoms with Crippen LogP contribution in [-0.4, -0.2) is 68.2 Å². The predicted octanol–water partition coefficient (Wildman–Crippen LogP) is 1.75. The maximum atomic E-state index is 5.44. The molecule has 23 heavy (non-hydrogen) atoms. The van der Waals surface area contributed by atoms with Gasteiger partial charge in [0, 0.05) is 25.4 Å². The Balaban J connectivity index is 1.84. The van der Waals surface area contributed by atoms with Gasteiger partial charge in [0.15, 0.2) is 0 Å². The molecule has 0 saturated carbocycles. The fraction of sp³-hybridized carbons (Fsp3) is 0.500. The highest BCUT2D eigenvalue weighted by Gasteiger charge is 2.17. The third-order valence-corrected chi connectivity index (χ3v) is 4.62. The van der Waals surface area contributed by atoms with Gasteiger partial charge in [-0.05, 0) is 24.3 Å². The van der Waals surface area contributed by atoms with E-state index in [-0.39, 0.29) is 0 Å². The number of aliphatic imine (C=N–C) groups is 2. The van der Waals surface area contributed by atoms with Crippen molar-refractivity contribution in [3.63, 3.8) is 0 Å². The van der Waals surface area contributed by atoms with E-state index >= 15 is 0 Å². The summed E-state index contributed by atoms with van der Waals surface area (Å²) in [5.74, 6) is 4.62. The van der Waals surface area contributed by atoms with Crippen molar-refractivity contribution in [2.24, 2.45) is 9.98 Å². The quantitative estimate of drug-likeness (QED) is 0.660. The van der Waals surface area contributed by atoms with Crippen LogP contribution in [0.2, 0.25) is 0 Å². The maximum Gasteiger partial charge on any atom is 0.227 e. The summed E-state index contributed by atoms with van der Waals surface area (Å²) in [6, 6.07) is 7.72. The standard InChI is InChI=1S/C16H22N4O2S/c1-21-14-4-2-13(3-5-14)18-16(20-7-9-22-10-8-20)19-15-12-23-11-6-17-15/h2-5H,6-12H2,1H3,(H,17,18,19). The van der Waals surface area contributed by atoms with Crippen molar-refractivity contribution in [3.05, 3.63) is 24.3 Å². The minimum absolute atomic E-state index is 0.717. The smallest absolute Gasteiger partial charge is 0.227 e. The van der Waals surface area contributed by atoms with Gasteiger partial charge in [0.05, 0.1) is 31.8 Å². The van der Waals surface area contributed by atoms with Crippen LogP contribution in [0.15, 0.2) is 34.3 Å². The number of hydrogen-bond donors (Lipinski definition) is 1. The van der Waals surface area contributed by atoms with E-state index in [1.807, 2.05) is 36.0 Å². The van der Waals surface area contributed by atoms with Gasteiger partial charge in [-0.15, -0.1) is 0 Å². The summed E-state index contributed by atoms with van der Waals surface area (Å²) in [5.41, 5.74) is 0.875. The minimum atomic E-state index is 0.717. The van der Waals surface area contributed by atoms with Gasteiger partial charge in [-0.25, -0.2) is 4.99 Å². The molecule has 6 nitrogen and oxygen atoms in total. The maximum absolute atomic E-state index is 5.44. The molecule has 2 aliphatic rings. The first-order valence-corrected chi connectivity index (χ1v) is 8.95. The molecule has 124 valence electrons. The lowest BCUT2D eigenvalue weighted by Crippen LogP contribution is -2.42. The van der Waals surface area contributed by atoms with Gasteiger partial charge < -0.3 is 19.7 Å². The zero-order valence-corrected chi connectivity index (χ0v) is 14.1. The molecular formula is C16H22N4O2S. The predicted molar refractivity (Wildman–Crippen MR) is 95.2 cm³/mol. The molecule has 0 radical (unpaired) electrons. The van der Waals surface area contributed by atoms with Crippen molar-refractivity contribution in [1.29, 1.82) is 0 Å². The number of benzene rings is 1. The van der Waals surface area contributed by atoms with Crippen LogP contribution in [-0.2, 0) is 4.74 Å². The van der Waals surface area contributed by atoms with Crippen LogP contribution in [0.4, 0.5) is 5.69 Å². The number of nitrogens with one attached hydrogen (secondary N) is 1. The third kappa shape index (κ3) is 4.62. The first kappa shape index (κ1) is 16.1. The number of hydrogen-bond acceptors (Lipinski definition) is 4. The first-order chi connectivity index (χ1) is 11.3. The molecule has 1 aromatic rings. The number of guanidine groups is 1. The van der Waals surface area contributed by atoms with E-state index in [9.17, 15) is 0 Å². The molecule has 3 rings (SSSR count). The molecule has 0 atom stereocenters. The van der Waals surface area contributed by atoms with Crippen LogP contribution >= 0.6 is 11.8 Å². The molecule has 0 aromatic heterocycles. The Bertz CT molecular complexity index is 560. The molecule has 1 N–H and O–H groups in total. The Morgan fingerprint density at radius 2 is 2.04 bits per heavy atom.